The molecule has 1 aromatic rings. The maximum absolute atomic E-state index is 11.6. The third-order valence-corrected chi connectivity index (χ3v) is 2.84. The lowest BCUT2D eigenvalue weighted by atomic mass is 9.85. The molecule has 0 N–H and O–H groups in total. The molecular weight excluding hydrogens is 200 g/mol. The normalized spacial score (nSPS) is 10.6. The zero-order valence-corrected chi connectivity index (χ0v) is 10.5. The highest BCUT2D eigenvalue weighted by molar-refractivity contribution is 6.06. The summed E-state index contributed by atoms with van der Waals surface area (Å²) in [5, 5.41) is 0. The molecule has 16 heavy (non-hydrogen) atoms. The molecule has 0 aromatic heterocycles. The molecule has 2 heteroatoms. The lowest BCUT2D eigenvalue weighted by molar-refractivity contribution is -0.126. The fraction of sp³-hybridized carbons (Fsp3) is 0.429. The van der Waals surface area contributed by atoms with Crippen LogP contribution in [-0.2, 0) is 9.59 Å². The molecule has 2 nitrogen and oxygen atoms in total. The summed E-state index contributed by atoms with van der Waals surface area (Å²) < 4.78 is 0. The second kappa shape index (κ2) is 4.60. The molecule has 0 saturated carbocycles. The molecule has 0 spiro atoms. The van der Waals surface area contributed by atoms with Crippen LogP contribution in [0.25, 0.3) is 0 Å². The summed E-state index contributed by atoms with van der Waals surface area (Å²) in [5.41, 5.74) is 4.08. The third-order valence-electron chi connectivity index (χ3n) is 2.84. The molecule has 0 aliphatic rings. The summed E-state index contributed by atoms with van der Waals surface area (Å²) >= 11 is 0. The Kier molecular flexibility index (Phi) is 3.63. The Bertz CT molecular complexity index is 407. The number of benzene rings is 1. The minimum absolute atomic E-state index is 0.0810. The maximum atomic E-state index is 11.6. The highest BCUT2D eigenvalue weighted by atomic mass is 16.1. The van der Waals surface area contributed by atoms with E-state index in [-0.39, 0.29) is 11.6 Å². The van der Waals surface area contributed by atoms with E-state index in [1.807, 2.05) is 32.9 Å². The lowest BCUT2D eigenvalue weighted by Crippen LogP contribution is -2.19. The molecular formula is C14H18O2. The number of carbonyl (C=O) groups excluding carboxylic acids is 2. The van der Waals surface area contributed by atoms with Gasteiger partial charge in [0.1, 0.15) is 17.5 Å². The minimum atomic E-state index is -0.597. The molecule has 0 aliphatic heterocycles. The van der Waals surface area contributed by atoms with Crippen LogP contribution < -0.4 is 0 Å². The first-order valence-electron chi connectivity index (χ1n) is 5.43. The van der Waals surface area contributed by atoms with Crippen LogP contribution in [0.3, 0.4) is 0 Å². The minimum Gasteiger partial charge on any atom is -0.299 e. The van der Waals surface area contributed by atoms with Crippen molar-refractivity contribution in [2.45, 2.75) is 40.5 Å². The number of ketones is 2. The first-order valence-corrected chi connectivity index (χ1v) is 5.43. The molecule has 0 aliphatic carbocycles. The summed E-state index contributed by atoms with van der Waals surface area (Å²) in [6.45, 7) is 8.87. The first kappa shape index (κ1) is 12.6. The SMILES string of the molecule is CC(=O)C(C(C)=O)c1c(C)cc(C)cc1C. The number of carbonyl (C=O) groups is 2. The Hall–Kier alpha value is -1.44. The van der Waals surface area contributed by atoms with E-state index in [0.29, 0.717) is 0 Å². The van der Waals surface area contributed by atoms with Crippen molar-refractivity contribution in [2.24, 2.45) is 0 Å². The van der Waals surface area contributed by atoms with Crippen LogP contribution in [0.1, 0.15) is 42.0 Å². The molecule has 86 valence electrons. The fourth-order valence-corrected chi connectivity index (χ4v) is 2.34. The quantitative estimate of drug-likeness (QED) is 0.731. The lowest BCUT2D eigenvalue weighted by Gasteiger charge is -2.17. The number of hydrogen-bond donors (Lipinski definition) is 0. The van der Waals surface area contributed by atoms with Crippen molar-refractivity contribution < 1.29 is 9.59 Å². The van der Waals surface area contributed by atoms with Crippen LogP contribution in [0.2, 0.25) is 0 Å². The van der Waals surface area contributed by atoms with Crippen LogP contribution in [0.4, 0.5) is 0 Å². The van der Waals surface area contributed by atoms with Gasteiger partial charge in [-0.3, -0.25) is 9.59 Å². The van der Waals surface area contributed by atoms with Crippen molar-refractivity contribution in [3.63, 3.8) is 0 Å². The van der Waals surface area contributed by atoms with Crippen LogP contribution in [0.5, 0.6) is 0 Å². The van der Waals surface area contributed by atoms with E-state index >= 15 is 0 Å². The summed E-state index contributed by atoms with van der Waals surface area (Å²) in [6, 6.07) is 4.03. The van der Waals surface area contributed by atoms with Gasteiger partial charge in [0, 0.05) is 0 Å². The van der Waals surface area contributed by atoms with Crippen molar-refractivity contribution in [3.05, 3.63) is 34.4 Å². The van der Waals surface area contributed by atoms with Gasteiger partial charge in [0.25, 0.3) is 0 Å². The second-order valence-electron chi connectivity index (χ2n) is 4.47. The zero-order chi connectivity index (χ0) is 12.5. The molecule has 1 aromatic carbocycles. The van der Waals surface area contributed by atoms with Gasteiger partial charge < -0.3 is 0 Å². The van der Waals surface area contributed by atoms with Crippen molar-refractivity contribution in [1.29, 1.82) is 0 Å². The number of Topliss-reactive ketones (excluding diaryl/α,β-unsaturated/α-hetero) is 2. The Morgan fingerprint density at radius 2 is 1.31 bits per heavy atom. The van der Waals surface area contributed by atoms with Gasteiger partial charge in [0.15, 0.2) is 0 Å². The van der Waals surface area contributed by atoms with E-state index in [1.54, 1.807) is 0 Å². The predicted molar refractivity (Wildman–Crippen MR) is 64.8 cm³/mol. The van der Waals surface area contributed by atoms with Gasteiger partial charge in [-0.2, -0.15) is 0 Å². The van der Waals surface area contributed by atoms with Crippen LogP contribution in [0.15, 0.2) is 12.1 Å². The molecule has 0 unspecified atom stereocenters. The number of rotatable bonds is 3. The van der Waals surface area contributed by atoms with Crippen LogP contribution in [-0.4, -0.2) is 11.6 Å². The van der Waals surface area contributed by atoms with E-state index in [0.717, 1.165) is 22.3 Å². The second-order valence-corrected chi connectivity index (χ2v) is 4.47. The van der Waals surface area contributed by atoms with E-state index in [9.17, 15) is 9.59 Å². The predicted octanol–water partition coefficient (Wildman–Crippen LogP) is 2.87. The topological polar surface area (TPSA) is 34.1 Å². The highest BCUT2D eigenvalue weighted by Crippen LogP contribution is 2.26. The summed E-state index contributed by atoms with van der Waals surface area (Å²) in [6.07, 6.45) is 0. The fourth-order valence-electron chi connectivity index (χ4n) is 2.34. The Morgan fingerprint density at radius 1 is 0.938 bits per heavy atom. The Balaban J connectivity index is 3.41. The van der Waals surface area contributed by atoms with Crippen molar-refractivity contribution in [1.82, 2.24) is 0 Å². The summed E-state index contributed by atoms with van der Waals surface area (Å²) in [5.74, 6) is -0.759. The van der Waals surface area contributed by atoms with Gasteiger partial charge in [0.2, 0.25) is 0 Å². The first-order chi connectivity index (χ1) is 7.34. The van der Waals surface area contributed by atoms with Gasteiger partial charge in [0.05, 0.1) is 0 Å². The molecule has 0 fully saturated rings. The monoisotopic (exact) mass is 218 g/mol. The molecule has 0 heterocycles. The highest BCUT2D eigenvalue weighted by Gasteiger charge is 2.24. The maximum Gasteiger partial charge on any atom is 0.144 e. The van der Waals surface area contributed by atoms with E-state index in [1.165, 1.54) is 13.8 Å². The Morgan fingerprint density at radius 3 is 1.62 bits per heavy atom. The largest absolute Gasteiger partial charge is 0.299 e. The van der Waals surface area contributed by atoms with Gasteiger partial charge >= 0.3 is 0 Å². The average molecular weight is 218 g/mol. The average Bonchev–Trinajstić information content (AvgIpc) is 2.09. The molecule has 1 rings (SSSR count). The van der Waals surface area contributed by atoms with Gasteiger partial charge in [-0.15, -0.1) is 0 Å². The van der Waals surface area contributed by atoms with Gasteiger partial charge in [-0.1, -0.05) is 17.7 Å². The van der Waals surface area contributed by atoms with Crippen molar-refractivity contribution >= 4 is 11.6 Å². The molecule has 0 amide bonds. The summed E-state index contributed by atoms with van der Waals surface area (Å²) in [7, 11) is 0. The van der Waals surface area contributed by atoms with Gasteiger partial charge in [-0.05, 0) is 51.3 Å². The number of aryl methyl sites for hydroxylation is 3. The van der Waals surface area contributed by atoms with Crippen molar-refractivity contribution in [2.75, 3.05) is 0 Å². The Labute approximate surface area is 96.7 Å². The molecule has 0 saturated heterocycles. The van der Waals surface area contributed by atoms with Crippen molar-refractivity contribution in [3.8, 4) is 0 Å². The zero-order valence-electron chi connectivity index (χ0n) is 10.5. The van der Waals surface area contributed by atoms with E-state index in [2.05, 4.69) is 0 Å². The summed E-state index contributed by atoms with van der Waals surface area (Å²) in [4.78, 5) is 23.1. The molecule has 0 bridgehead atoms. The van der Waals surface area contributed by atoms with Crippen LogP contribution >= 0.6 is 0 Å². The molecule has 0 atom stereocenters. The van der Waals surface area contributed by atoms with Gasteiger partial charge in [-0.25, -0.2) is 0 Å². The van der Waals surface area contributed by atoms with E-state index < -0.39 is 5.92 Å². The smallest absolute Gasteiger partial charge is 0.144 e. The number of hydrogen-bond acceptors (Lipinski definition) is 2. The van der Waals surface area contributed by atoms with E-state index in [4.69, 9.17) is 0 Å². The van der Waals surface area contributed by atoms with Crippen LogP contribution in [0, 0.1) is 20.8 Å². The third kappa shape index (κ3) is 2.38. The standard InChI is InChI=1S/C14H18O2/c1-8-6-9(2)13(10(3)7-8)14(11(4)15)12(5)16/h6-7,14H,1-5H3. The molecule has 0 radical (unpaired) electrons.